The maximum atomic E-state index is 12.2. The molecule has 11 heteroatoms. The van der Waals surface area contributed by atoms with Gasteiger partial charge in [-0.05, 0) is 101 Å². The molecule has 0 spiro atoms. The van der Waals surface area contributed by atoms with Gasteiger partial charge < -0.3 is 23.4 Å². The van der Waals surface area contributed by atoms with Crippen LogP contribution in [-0.2, 0) is 32.7 Å². The monoisotopic (exact) mass is 788 g/mol. The van der Waals surface area contributed by atoms with Crippen molar-refractivity contribution in [2.45, 2.75) is 219 Å². The maximum Gasteiger partial charge on any atom is 0.305 e. The summed E-state index contributed by atoms with van der Waals surface area (Å²) in [6, 6.07) is 0. The van der Waals surface area contributed by atoms with Crippen molar-refractivity contribution in [2.75, 3.05) is 32.8 Å². The van der Waals surface area contributed by atoms with Crippen LogP contribution in [0.4, 0.5) is 0 Å². The Morgan fingerprint density at radius 1 is 0.566 bits per heavy atom. The van der Waals surface area contributed by atoms with Crippen molar-refractivity contribution in [3.63, 3.8) is 0 Å². The van der Waals surface area contributed by atoms with Gasteiger partial charge >= 0.3 is 17.9 Å². The molecule has 0 aromatic rings. The number of ether oxygens (including phenoxy) is 2. The van der Waals surface area contributed by atoms with Gasteiger partial charge in [-0.3, -0.25) is 19.3 Å². The van der Waals surface area contributed by atoms with E-state index in [1.165, 1.54) is 0 Å². The molecule has 0 radical (unpaired) electrons. The SMILES string of the molecule is CCCCCCC(=O)OCCCCC(CN(CCCC(=O)O)CC(CCCCOC(=O)CCCCCC)O[Si](C)(C)C(C)(C)C)O[Si](C)(C)C(C)(C)C. The van der Waals surface area contributed by atoms with Gasteiger partial charge in [0.25, 0.3) is 0 Å². The number of esters is 2. The third kappa shape index (κ3) is 25.5. The van der Waals surface area contributed by atoms with E-state index in [1.807, 2.05) is 0 Å². The van der Waals surface area contributed by atoms with Gasteiger partial charge in [0, 0.05) is 32.4 Å². The van der Waals surface area contributed by atoms with Gasteiger partial charge in [0.05, 0.1) is 25.4 Å². The summed E-state index contributed by atoms with van der Waals surface area (Å²) in [4.78, 5) is 38.4. The summed E-state index contributed by atoms with van der Waals surface area (Å²) in [6.07, 6.45) is 15.1. The molecule has 0 bridgehead atoms. The van der Waals surface area contributed by atoms with Gasteiger partial charge in [-0.1, -0.05) is 93.9 Å². The first kappa shape index (κ1) is 51.7. The average Bonchev–Trinajstić information content (AvgIpc) is 3.03. The Balaban J connectivity index is 5.84. The number of unbranched alkanes of at least 4 members (excludes halogenated alkanes) is 8. The van der Waals surface area contributed by atoms with Gasteiger partial charge in [0.15, 0.2) is 16.6 Å². The summed E-state index contributed by atoms with van der Waals surface area (Å²) >= 11 is 0. The van der Waals surface area contributed by atoms with Crippen LogP contribution in [0.3, 0.4) is 0 Å². The topological polar surface area (TPSA) is 112 Å². The van der Waals surface area contributed by atoms with Crippen LogP contribution >= 0.6 is 0 Å². The van der Waals surface area contributed by atoms with Crippen molar-refractivity contribution in [1.82, 2.24) is 4.90 Å². The Kier molecular flexibility index (Phi) is 26.7. The average molecular weight is 788 g/mol. The number of rotatable bonds is 32. The molecule has 314 valence electrons. The fourth-order valence-electron chi connectivity index (χ4n) is 5.71. The minimum Gasteiger partial charge on any atom is -0.481 e. The minimum atomic E-state index is -2.12. The molecule has 0 saturated heterocycles. The zero-order chi connectivity index (χ0) is 40.6. The number of hydrogen-bond acceptors (Lipinski definition) is 8. The summed E-state index contributed by atoms with van der Waals surface area (Å²) in [5.74, 6) is -0.992. The van der Waals surface area contributed by atoms with E-state index in [-0.39, 0.29) is 40.6 Å². The lowest BCUT2D eigenvalue weighted by Gasteiger charge is -2.42. The van der Waals surface area contributed by atoms with Crippen LogP contribution in [0.2, 0.25) is 36.3 Å². The molecule has 0 saturated carbocycles. The minimum absolute atomic E-state index is 0.0317. The molecule has 53 heavy (non-hydrogen) atoms. The van der Waals surface area contributed by atoms with Crippen molar-refractivity contribution in [2.24, 2.45) is 0 Å². The molecule has 2 atom stereocenters. The molecule has 0 aliphatic carbocycles. The second-order valence-corrected chi connectivity index (χ2v) is 27.8. The molecule has 0 aromatic heterocycles. The smallest absolute Gasteiger partial charge is 0.305 e. The Morgan fingerprint density at radius 3 is 1.30 bits per heavy atom. The third-order valence-electron chi connectivity index (χ3n) is 11.2. The first-order chi connectivity index (χ1) is 24.6. The Bertz CT molecular complexity index is 925. The van der Waals surface area contributed by atoms with Crippen LogP contribution in [0.25, 0.3) is 0 Å². The predicted molar refractivity (Wildman–Crippen MR) is 225 cm³/mol. The number of hydrogen-bond donors (Lipinski definition) is 1. The molecule has 0 heterocycles. The van der Waals surface area contributed by atoms with Crippen molar-refractivity contribution in [1.29, 1.82) is 0 Å². The molecule has 9 nitrogen and oxygen atoms in total. The van der Waals surface area contributed by atoms with E-state index in [0.29, 0.717) is 52.1 Å². The van der Waals surface area contributed by atoms with E-state index in [0.717, 1.165) is 89.9 Å². The molecule has 0 fully saturated rings. The van der Waals surface area contributed by atoms with Crippen LogP contribution in [-0.4, -0.2) is 89.6 Å². The summed E-state index contributed by atoms with van der Waals surface area (Å²) in [6.45, 7) is 29.9. The highest BCUT2D eigenvalue weighted by atomic mass is 28.4. The molecule has 0 aromatic carbocycles. The summed E-state index contributed by atoms with van der Waals surface area (Å²) in [7, 11) is -4.24. The van der Waals surface area contributed by atoms with Gasteiger partial charge in [-0.25, -0.2) is 0 Å². The van der Waals surface area contributed by atoms with Gasteiger partial charge in [-0.2, -0.15) is 0 Å². The van der Waals surface area contributed by atoms with Crippen molar-refractivity contribution < 1.29 is 37.8 Å². The van der Waals surface area contributed by atoms with Gasteiger partial charge in [0.2, 0.25) is 0 Å². The molecule has 0 amide bonds. The van der Waals surface area contributed by atoms with E-state index in [1.54, 1.807) is 0 Å². The summed E-state index contributed by atoms with van der Waals surface area (Å²) in [5.41, 5.74) is 0. The fraction of sp³-hybridized carbons (Fsp3) is 0.929. The van der Waals surface area contributed by atoms with E-state index in [2.05, 4.69) is 86.5 Å². The van der Waals surface area contributed by atoms with Crippen LogP contribution in [0.1, 0.15) is 171 Å². The lowest BCUT2D eigenvalue weighted by atomic mass is 10.1. The quantitative estimate of drug-likeness (QED) is 0.0404. The molecule has 1 N–H and O–H groups in total. The Morgan fingerprint density at radius 2 is 0.962 bits per heavy atom. The summed E-state index contributed by atoms with van der Waals surface area (Å²) < 4.78 is 25.3. The lowest BCUT2D eigenvalue weighted by molar-refractivity contribution is -0.144. The normalized spacial score (nSPS) is 14.0. The number of carboxylic acids is 1. The Labute approximate surface area is 328 Å². The second kappa shape index (κ2) is 27.3. The largest absolute Gasteiger partial charge is 0.481 e. The van der Waals surface area contributed by atoms with E-state index >= 15 is 0 Å². The zero-order valence-corrected chi connectivity index (χ0v) is 38.7. The van der Waals surface area contributed by atoms with Crippen molar-refractivity contribution in [3.8, 4) is 0 Å². The number of nitrogens with zero attached hydrogens (tertiary/aromatic N) is 1. The molecule has 0 aliphatic rings. The van der Waals surface area contributed by atoms with Gasteiger partial charge in [-0.15, -0.1) is 0 Å². The molecule has 0 aliphatic heterocycles. The lowest BCUT2D eigenvalue weighted by Crippen LogP contribution is -2.50. The van der Waals surface area contributed by atoms with Crippen molar-refractivity contribution in [3.05, 3.63) is 0 Å². The van der Waals surface area contributed by atoms with Crippen LogP contribution < -0.4 is 0 Å². The molecular formula is C42H85NO8Si2. The number of carbonyl (C=O) groups excluding carboxylic acids is 2. The molecular weight excluding hydrogens is 703 g/mol. The van der Waals surface area contributed by atoms with E-state index in [9.17, 15) is 19.5 Å². The Hall–Kier alpha value is -1.28. The fourth-order valence-corrected chi connectivity index (χ4v) is 8.46. The summed E-state index contributed by atoms with van der Waals surface area (Å²) in [5, 5.41) is 9.58. The van der Waals surface area contributed by atoms with Gasteiger partial charge in [0.1, 0.15) is 0 Å². The highest BCUT2D eigenvalue weighted by molar-refractivity contribution is 6.74. The van der Waals surface area contributed by atoms with Crippen LogP contribution in [0.5, 0.6) is 0 Å². The highest BCUT2D eigenvalue weighted by Crippen LogP contribution is 2.39. The first-order valence-electron chi connectivity index (χ1n) is 21.3. The highest BCUT2D eigenvalue weighted by Gasteiger charge is 2.41. The van der Waals surface area contributed by atoms with E-state index < -0.39 is 22.6 Å². The first-order valence-corrected chi connectivity index (χ1v) is 27.1. The molecule has 0 rings (SSSR count). The molecule has 2 unspecified atom stereocenters. The predicted octanol–water partition coefficient (Wildman–Crippen LogP) is 11.3. The van der Waals surface area contributed by atoms with E-state index in [4.69, 9.17) is 18.3 Å². The van der Waals surface area contributed by atoms with Crippen LogP contribution in [0.15, 0.2) is 0 Å². The number of carbonyl (C=O) groups is 3. The number of aliphatic carboxylic acids is 1. The van der Waals surface area contributed by atoms with Crippen LogP contribution in [0, 0.1) is 0 Å². The zero-order valence-electron chi connectivity index (χ0n) is 36.7. The maximum absolute atomic E-state index is 12.2. The van der Waals surface area contributed by atoms with Crippen molar-refractivity contribution >= 4 is 34.5 Å². The number of carboxylic acid groups (broad SMARTS) is 1. The second-order valence-electron chi connectivity index (χ2n) is 18.3. The standard InChI is InChI=1S/C42H85NO8Si2/c1-13-15-17-19-29-39(46)48-32-23-21-26-36(50-52(9,10)41(3,4)5)34-43(31-25-28-38(44)45)35-37(51-53(11,12)42(6,7)8)27-22-24-33-49-40(47)30-20-18-16-14-2/h36-37H,13-35H2,1-12H3,(H,44,45). The third-order valence-corrected chi connectivity index (χ3v) is 20.2.